The van der Waals surface area contributed by atoms with Crippen LogP contribution in [0.3, 0.4) is 0 Å². The smallest absolute Gasteiger partial charge is 0.376 e. The Balaban J connectivity index is 1.36. The van der Waals surface area contributed by atoms with Gasteiger partial charge in [-0.15, -0.1) is 0 Å². The summed E-state index contributed by atoms with van der Waals surface area (Å²) in [5, 5.41) is 5.05. The second kappa shape index (κ2) is 7.31. The summed E-state index contributed by atoms with van der Waals surface area (Å²) in [5.41, 5.74) is -1.12. The number of rotatable bonds is 4. The molecular formula is C21H25F3N2O3. The quantitative estimate of drug-likeness (QED) is 0.746. The highest BCUT2D eigenvalue weighted by atomic mass is 19.4. The number of carbonyl (C=O) groups excluding carboxylic acids is 2. The van der Waals surface area contributed by atoms with E-state index in [4.69, 9.17) is 4.74 Å². The maximum atomic E-state index is 12.6. The minimum atomic E-state index is -4.45. The van der Waals surface area contributed by atoms with Crippen molar-refractivity contribution in [2.45, 2.75) is 43.9 Å². The molecule has 5 nitrogen and oxygen atoms in total. The molecule has 5 rings (SSSR count). The van der Waals surface area contributed by atoms with Crippen molar-refractivity contribution in [3.63, 3.8) is 0 Å². The van der Waals surface area contributed by atoms with Crippen LogP contribution in [0, 0.1) is 23.7 Å². The van der Waals surface area contributed by atoms with Crippen molar-refractivity contribution < 1.29 is 27.5 Å². The minimum absolute atomic E-state index is 0.134. The molecule has 2 N–H and O–H groups in total. The van der Waals surface area contributed by atoms with Crippen LogP contribution in [0.4, 0.5) is 18.9 Å². The molecule has 0 aromatic heterocycles. The summed E-state index contributed by atoms with van der Waals surface area (Å²) in [6.07, 6.45) is 1.27. The topological polar surface area (TPSA) is 67.4 Å². The first-order valence-corrected chi connectivity index (χ1v) is 10.0. The number of hydrogen-bond acceptors (Lipinski definition) is 3. The average molecular weight is 410 g/mol. The van der Waals surface area contributed by atoms with Gasteiger partial charge in [-0.25, -0.2) is 0 Å². The molecule has 4 fully saturated rings. The van der Waals surface area contributed by atoms with Crippen LogP contribution >= 0.6 is 0 Å². The summed E-state index contributed by atoms with van der Waals surface area (Å²) >= 11 is 0. The van der Waals surface area contributed by atoms with Crippen molar-refractivity contribution in [2.24, 2.45) is 23.7 Å². The fourth-order valence-corrected chi connectivity index (χ4v) is 5.91. The molecule has 29 heavy (non-hydrogen) atoms. The summed E-state index contributed by atoms with van der Waals surface area (Å²) in [4.78, 5) is 24.5. The third-order valence-electron chi connectivity index (χ3n) is 7.10. The van der Waals surface area contributed by atoms with E-state index in [1.165, 1.54) is 6.42 Å². The summed E-state index contributed by atoms with van der Waals surface area (Å²) in [6, 6.07) is 3.98. The Bertz CT molecular complexity index is 763. The number of anilines is 1. The van der Waals surface area contributed by atoms with Gasteiger partial charge in [0.05, 0.1) is 11.2 Å². The highest BCUT2D eigenvalue weighted by molar-refractivity contribution is 6.39. The van der Waals surface area contributed by atoms with E-state index >= 15 is 0 Å². The molecule has 0 aliphatic heterocycles. The molecule has 0 spiro atoms. The van der Waals surface area contributed by atoms with Crippen molar-refractivity contribution in [3.05, 3.63) is 29.8 Å². The Morgan fingerprint density at radius 3 is 2.03 bits per heavy atom. The van der Waals surface area contributed by atoms with Gasteiger partial charge in [0.2, 0.25) is 0 Å². The van der Waals surface area contributed by atoms with Gasteiger partial charge in [-0.05, 0) is 80.0 Å². The Labute approximate surface area is 167 Å². The van der Waals surface area contributed by atoms with Gasteiger partial charge in [-0.3, -0.25) is 9.59 Å². The zero-order chi connectivity index (χ0) is 20.8. The zero-order valence-corrected chi connectivity index (χ0v) is 16.2. The molecule has 2 amide bonds. The molecule has 0 radical (unpaired) electrons. The monoisotopic (exact) mass is 410 g/mol. The third kappa shape index (κ3) is 3.74. The molecule has 0 atom stereocenters. The van der Waals surface area contributed by atoms with Crippen LogP contribution in [-0.4, -0.2) is 31.1 Å². The summed E-state index contributed by atoms with van der Waals surface area (Å²) in [6.45, 7) is 0.275. The van der Waals surface area contributed by atoms with E-state index in [9.17, 15) is 22.8 Å². The molecule has 0 heterocycles. The fraction of sp³-hybridized carbons (Fsp3) is 0.619. The van der Waals surface area contributed by atoms with Gasteiger partial charge in [-0.1, -0.05) is 0 Å². The summed E-state index contributed by atoms with van der Waals surface area (Å²) in [5.74, 6) is 0.567. The molecule has 8 heteroatoms. The lowest BCUT2D eigenvalue weighted by Gasteiger charge is -2.60. The van der Waals surface area contributed by atoms with Crippen LogP contribution in [0.1, 0.15) is 37.7 Å². The van der Waals surface area contributed by atoms with Crippen molar-refractivity contribution >= 4 is 17.5 Å². The molecule has 4 saturated carbocycles. The van der Waals surface area contributed by atoms with Crippen LogP contribution in [0.25, 0.3) is 0 Å². The normalized spacial score (nSPS) is 32.8. The SMILES string of the molecule is COC1(CNC(=O)C(=O)Nc2ccc(C(F)(F)F)cc2)C2CC3CC(C2)CC1C3. The molecule has 1 aromatic rings. The number of alkyl halides is 3. The predicted octanol–water partition coefficient (Wildman–Crippen LogP) is 3.60. The van der Waals surface area contributed by atoms with Gasteiger partial charge in [0, 0.05) is 19.3 Å². The molecule has 4 aliphatic rings. The Morgan fingerprint density at radius 1 is 1.00 bits per heavy atom. The lowest BCUT2D eigenvalue weighted by molar-refractivity contribution is -0.188. The van der Waals surface area contributed by atoms with Gasteiger partial charge in [0.15, 0.2) is 0 Å². The summed E-state index contributed by atoms with van der Waals surface area (Å²) in [7, 11) is 1.68. The minimum Gasteiger partial charge on any atom is -0.376 e. The first kappa shape index (κ1) is 20.2. The molecule has 4 bridgehead atoms. The number of hydrogen-bond donors (Lipinski definition) is 2. The lowest BCUT2D eigenvalue weighted by Crippen LogP contribution is -2.63. The lowest BCUT2D eigenvalue weighted by atomic mass is 9.49. The van der Waals surface area contributed by atoms with Crippen LogP contribution in [0.2, 0.25) is 0 Å². The number of benzene rings is 1. The highest BCUT2D eigenvalue weighted by Crippen LogP contribution is 2.59. The maximum Gasteiger partial charge on any atom is 0.416 e. The Morgan fingerprint density at radius 2 is 1.55 bits per heavy atom. The van der Waals surface area contributed by atoms with Crippen molar-refractivity contribution in [3.8, 4) is 0 Å². The number of halogens is 3. The number of carbonyl (C=O) groups is 2. The van der Waals surface area contributed by atoms with E-state index < -0.39 is 29.2 Å². The molecule has 0 unspecified atom stereocenters. The second-order valence-corrected chi connectivity index (χ2v) is 8.68. The second-order valence-electron chi connectivity index (χ2n) is 8.68. The van der Waals surface area contributed by atoms with Crippen LogP contribution in [0.15, 0.2) is 24.3 Å². The average Bonchev–Trinajstić information content (AvgIpc) is 2.67. The van der Waals surface area contributed by atoms with E-state index in [1.807, 2.05) is 0 Å². The number of methoxy groups -OCH3 is 1. The van der Waals surface area contributed by atoms with Gasteiger partial charge in [0.1, 0.15) is 0 Å². The van der Waals surface area contributed by atoms with Crippen molar-refractivity contribution in [1.29, 1.82) is 0 Å². The number of amides is 2. The van der Waals surface area contributed by atoms with E-state index in [0.717, 1.165) is 61.8 Å². The van der Waals surface area contributed by atoms with Gasteiger partial charge in [0.25, 0.3) is 0 Å². The Kier molecular flexibility index (Phi) is 5.09. The molecule has 0 saturated heterocycles. The Hall–Kier alpha value is -2.09. The zero-order valence-electron chi connectivity index (χ0n) is 16.2. The van der Waals surface area contributed by atoms with Crippen LogP contribution in [-0.2, 0) is 20.5 Å². The van der Waals surface area contributed by atoms with Crippen LogP contribution < -0.4 is 10.6 Å². The third-order valence-corrected chi connectivity index (χ3v) is 7.10. The van der Waals surface area contributed by atoms with Gasteiger partial charge in [-0.2, -0.15) is 13.2 Å². The number of nitrogens with one attached hydrogen (secondary N) is 2. The molecule has 158 valence electrons. The highest BCUT2D eigenvalue weighted by Gasteiger charge is 2.57. The van der Waals surface area contributed by atoms with Crippen LogP contribution in [0.5, 0.6) is 0 Å². The van der Waals surface area contributed by atoms with Gasteiger partial charge >= 0.3 is 18.0 Å². The molecular weight excluding hydrogens is 385 g/mol. The standard InChI is InChI=1S/C21H25F3N2O3/c1-29-20(15-7-12-6-13(9-15)10-16(20)8-12)11-25-18(27)19(28)26-17-4-2-14(3-5-17)21(22,23)24/h2-5,12-13,15-16H,6-11H2,1H3,(H,25,27)(H,26,28). The molecule has 1 aromatic carbocycles. The number of ether oxygens (including phenoxy) is 1. The largest absolute Gasteiger partial charge is 0.416 e. The first-order chi connectivity index (χ1) is 13.7. The van der Waals surface area contributed by atoms with Gasteiger partial charge < -0.3 is 15.4 Å². The van der Waals surface area contributed by atoms with Crippen molar-refractivity contribution in [2.75, 3.05) is 19.0 Å². The van der Waals surface area contributed by atoms with E-state index in [1.54, 1.807) is 7.11 Å². The summed E-state index contributed by atoms with van der Waals surface area (Å²) < 4.78 is 43.8. The maximum absolute atomic E-state index is 12.6. The van der Waals surface area contributed by atoms with E-state index in [2.05, 4.69) is 10.6 Å². The molecule has 4 aliphatic carbocycles. The predicted molar refractivity (Wildman–Crippen MR) is 99.9 cm³/mol. The van der Waals surface area contributed by atoms with E-state index in [0.29, 0.717) is 11.8 Å². The fourth-order valence-electron chi connectivity index (χ4n) is 5.91. The van der Waals surface area contributed by atoms with E-state index in [-0.39, 0.29) is 12.2 Å². The van der Waals surface area contributed by atoms with Crippen molar-refractivity contribution in [1.82, 2.24) is 5.32 Å². The first-order valence-electron chi connectivity index (χ1n) is 10.0.